The third-order valence-electron chi connectivity index (χ3n) is 3.37. The number of pyridine rings is 1. The Morgan fingerprint density at radius 1 is 1.09 bits per heavy atom. The molecular formula is C14H14F3N5. The number of hydrogen-bond donors (Lipinski definition) is 1. The van der Waals surface area contributed by atoms with Gasteiger partial charge in [-0.2, -0.15) is 13.2 Å². The highest BCUT2D eigenvalue weighted by atomic mass is 19.4. The molecule has 0 aliphatic heterocycles. The van der Waals surface area contributed by atoms with Crippen LogP contribution in [0.3, 0.4) is 0 Å². The molecule has 8 heteroatoms. The van der Waals surface area contributed by atoms with E-state index in [1.54, 1.807) is 0 Å². The van der Waals surface area contributed by atoms with Crippen LogP contribution in [-0.2, 0) is 12.7 Å². The highest BCUT2D eigenvalue weighted by molar-refractivity contribution is 5.40. The molecule has 2 aromatic heterocycles. The van der Waals surface area contributed by atoms with Crippen LogP contribution in [0.15, 0.2) is 30.7 Å². The van der Waals surface area contributed by atoms with Crippen LogP contribution >= 0.6 is 0 Å². The Balaban J connectivity index is 1.78. The highest BCUT2D eigenvalue weighted by Crippen LogP contribution is 2.32. The van der Waals surface area contributed by atoms with Crippen molar-refractivity contribution in [2.24, 2.45) is 0 Å². The van der Waals surface area contributed by atoms with Crippen LogP contribution in [0.5, 0.6) is 0 Å². The quantitative estimate of drug-likeness (QED) is 0.940. The van der Waals surface area contributed by atoms with Gasteiger partial charge in [0.1, 0.15) is 5.69 Å². The lowest BCUT2D eigenvalue weighted by Crippen LogP contribution is -2.27. The van der Waals surface area contributed by atoms with Crippen LogP contribution in [0.25, 0.3) is 0 Å². The fraction of sp³-hybridized carbons (Fsp3) is 0.357. The van der Waals surface area contributed by atoms with Gasteiger partial charge in [-0.15, -0.1) is 0 Å². The molecule has 116 valence electrons. The van der Waals surface area contributed by atoms with E-state index in [1.807, 2.05) is 4.90 Å². The van der Waals surface area contributed by atoms with Crippen molar-refractivity contribution >= 4 is 11.6 Å². The van der Waals surface area contributed by atoms with Gasteiger partial charge in [0, 0.05) is 18.8 Å². The van der Waals surface area contributed by atoms with Crippen molar-refractivity contribution in [2.75, 3.05) is 10.6 Å². The van der Waals surface area contributed by atoms with E-state index in [4.69, 9.17) is 5.73 Å². The van der Waals surface area contributed by atoms with Crippen LogP contribution in [0.2, 0.25) is 0 Å². The van der Waals surface area contributed by atoms with E-state index in [9.17, 15) is 13.2 Å². The molecule has 0 spiro atoms. The molecule has 1 fully saturated rings. The zero-order valence-electron chi connectivity index (χ0n) is 11.6. The standard InChI is InChI=1S/C14H14F3N5/c15-14(16,17)12-4-1-9(5-19-12)8-22(11-2-3-11)13-20-6-10(18)7-21-13/h1,4-7,11H,2-3,8,18H2. The minimum Gasteiger partial charge on any atom is -0.396 e. The average Bonchev–Trinajstić information content (AvgIpc) is 3.30. The molecule has 0 bridgehead atoms. The Hall–Kier alpha value is -2.38. The minimum atomic E-state index is -4.42. The molecule has 2 aromatic rings. The molecular weight excluding hydrogens is 295 g/mol. The SMILES string of the molecule is Nc1cnc(N(Cc2ccc(C(F)(F)F)nc2)C2CC2)nc1. The van der Waals surface area contributed by atoms with Crippen molar-refractivity contribution in [1.82, 2.24) is 15.0 Å². The summed E-state index contributed by atoms with van der Waals surface area (Å²) in [4.78, 5) is 13.8. The second-order valence-corrected chi connectivity index (χ2v) is 5.22. The van der Waals surface area contributed by atoms with Crippen molar-refractivity contribution in [3.63, 3.8) is 0 Å². The monoisotopic (exact) mass is 309 g/mol. The summed E-state index contributed by atoms with van der Waals surface area (Å²) in [6.07, 6.45) is 1.89. The van der Waals surface area contributed by atoms with Crippen molar-refractivity contribution in [3.8, 4) is 0 Å². The Labute approximate surface area is 125 Å². The van der Waals surface area contributed by atoms with Crippen LogP contribution in [0, 0.1) is 0 Å². The first-order valence-corrected chi connectivity index (χ1v) is 6.80. The van der Waals surface area contributed by atoms with Crippen molar-refractivity contribution in [2.45, 2.75) is 31.6 Å². The molecule has 0 saturated heterocycles. The largest absolute Gasteiger partial charge is 0.433 e. The van der Waals surface area contributed by atoms with Gasteiger partial charge < -0.3 is 10.6 Å². The molecule has 3 rings (SSSR count). The zero-order chi connectivity index (χ0) is 15.7. The Morgan fingerprint density at radius 2 is 1.77 bits per heavy atom. The van der Waals surface area contributed by atoms with Crippen LogP contribution in [0.1, 0.15) is 24.1 Å². The lowest BCUT2D eigenvalue weighted by Gasteiger charge is -2.22. The summed E-state index contributed by atoms with van der Waals surface area (Å²) in [5, 5.41) is 0. The average molecular weight is 309 g/mol. The molecule has 22 heavy (non-hydrogen) atoms. The number of rotatable bonds is 4. The molecule has 5 nitrogen and oxygen atoms in total. The van der Waals surface area contributed by atoms with Gasteiger partial charge in [0.2, 0.25) is 5.95 Å². The van der Waals surface area contributed by atoms with Gasteiger partial charge in [-0.3, -0.25) is 4.98 Å². The van der Waals surface area contributed by atoms with Crippen LogP contribution in [-0.4, -0.2) is 21.0 Å². The number of aromatic nitrogens is 3. The number of alkyl halides is 3. The van der Waals surface area contributed by atoms with E-state index in [2.05, 4.69) is 15.0 Å². The molecule has 0 atom stereocenters. The molecule has 2 heterocycles. The first kappa shape index (κ1) is 14.6. The molecule has 0 radical (unpaired) electrons. The number of halogens is 3. The van der Waals surface area contributed by atoms with Crippen LogP contribution in [0.4, 0.5) is 24.8 Å². The zero-order valence-corrected chi connectivity index (χ0v) is 11.6. The van der Waals surface area contributed by atoms with Gasteiger partial charge in [-0.25, -0.2) is 9.97 Å². The number of nitrogen functional groups attached to an aromatic ring is 1. The first-order valence-electron chi connectivity index (χ1n) is 6.80. The Bertz CT molecular complexity index is 635. The van der Waals surface area contributed by atoms with E-state index >= 15 is 0 Å². The second-order valence-electron chi connectivity index (χ2n) is 5.22. The van der Waals surface area contributed by atoms with Crippen molar-refractivity contribution in [1.29, 1.82) is 0 Å². The van der Waals surface area contributed by atoms with E-state index in [0.717, 1.165) is 18.9 Å². The van der Waals surface area contributed by atoms with E-state index in [0.29, 0.717) is 29.8 Å². The normalized spacial score (nSPS) is 14.9. The van der Waals surface area contributed by atoms with Crippen LogP contribution < -0.4 is 10.6 Å². The summed E-state index contributed by atoms with van der Waals surface area (Å²) >= 11 is 0. The number of hydrogen-bond acceptors (Lipinski definition) is 5. The predicted octanol–water partition coefficient (Wildman–Crippen LogP) is 2.64. The molecule has 0 unspecified atom stereocenters. The van der Waals surface area contributed by atoms with E-state index < -0.39 is 11.9 Å². The van der Waals surface area contributed by atoms with Crippen molar-refractivity contribution < 1.29 is 13.2 Å². The van der Waals surface area contributed by atoms with Gasteiger partial charge in [-0.05, 0) is 24.5 Å². The van der Waals surface area contributed by atoms with Gasteiger partial charge >= 0.3 is 6.18 Å². The van der Waals surface area contributed by atoms with Gasteiger partial charge in [0.15, 0.2) is 0 Å². The molecule has 1 saturated carbocycles. The van der Waals surface area contributed by atoms with E-state index in [-0.39, 0.29) is 0 Å². The summed E-state index contributed by atoms with van der Waals surface area (Å²) in [6, 6.07) is 2.73. The number of nitrogens with zero attached hydrogens (tertiary/aromatic N) is 4. The summed E-state index contributed by atoms with van der Waals surface area (Å²) in [5.41, 5.74) is 5.83. The third kappa shape index (κ3) is 3.26. The lowest BCUT2D eigenvalue weighted by molar-refractivity contribution is -0.141. The molecule has 2 N–H and O–H groups in total. The summed E-state index contributed by atoms with van der Waals surface area (Å²) < 4.78 is 37.6. The molecule has 1 aliphatic rings. The fourth-order valence-electron chi connectivity index (χ4n) is 2.11. The summed E-state index contributed by atoms with van der Waals surface area (Å²) in [7, 11) is 0. The second kappa shape index (κ2) is 5.43. The first-order chi connectivity index (χ1) is 10.4. The van der Waals surface area contributed by atoms with Crippen molar-refractivity contribution in [3.05, 3.63) is 42.0 Å². The molecule has 0 amide bonds. The minimum absolute atomic E-state index is 0.311. The Kier molecular flexibility index (Phi) is 3.59. The van der Waals surface area contributed by atoms with Gasteiger partial charge in [0.05, 0.1) is 18.1 Å². The molecule has 1 aliphatic carbocycles. The predicted molar refractivity (Wildman–Crippen MR) is 74.9 cm³/mol. The van der Waals surface area contributed by atoms with Gasteiger partial charge in [0.25, 0.3) is 0 Å². The maximum absolute atomic E-state index is 12.5. The maximum atomic E-state index is 12.5. The highest BCUT2D eigenvalue weighted by Gasteiger charge is 2.33. The van der Waals surface area contributed by atoms with E-state index in [1.165, 1.54) is 24.7 Å². The third-order valence-corrected chi connectivity index (χ3v) is 3.37. The number of anilines is 2. The van der Waals surface area contributed by atoms with Gasteiger partial charge in [-0.1, -0.05) is 6.07 Å². The number of nitrogens with two attached hydrogens (primary N) is 1. The maximum Gasteiger partial charge on any atom is 0.433 e. The Morgan fingerprint density at radius 3 is 2.27 bits per heavy atom. The topological polar surface area (TPSA) is 67.9 Å². The summed E-state index contributed by atoms with van der Waals surface area (Å²) in [6.45, 7) is 0.416. The molecule has 0 aromatic carbocycles. The smallest absolute Gasteiger partial charge is 0.396 e. The summed E-state index contributed by atoms with van der Waals surface area (Å²) in [5.74, 6) is 0.525. The fourth-order valence-corrected chi connectivity index (χ4v) is 2.11. The lowest BCUT2D eigenvalue weighted by atomic mass is 10.2.